The van der Waals surface area contributed by atoms with Crippen LogP contribution in [0, 0.1) is 0 Å². The first kappa shape index (κ1) is 17.9. The van der Waals surface area contributed by atoms with Gasteiger partial charge < -0.3 is 14.4 Å². The summed E-state index contributed by atoms with van der Waals surface area (Å²) in [6.45, 7) is 5.92. The number of carbonyl (C=O) groups is 1. The van der Waals surface area contributed by atoms with Gasteiger partial charge in [-0.05, 0) is 24.6 Å². The van der Waals surface area contributed by atoms with Crippen LogP contribution in [0.1, 0.15) is 28.9 Å². The fourth-order valence-electron chi connectivity index (χ4n) is 3.96. The smallest absolute Gasteiger partial charge is 0.259 e. The lowest BCUT2D eigenvalue weighted by molar-refractivity contribution is -0.0770. The molecule has 0 unspecified atom stereocenters. The Balaban J connectivity index is 1.49. The van der Waals surface area contributed by atoms with Crippen LogP contribution in [-0.4, -0.2) is 66.2 Å². The number of benzene rings is 1. The topological polar surface area (TPSA) is 54.9 Å². The SMILES string of the molecule is CCOc1ncccc1C(=O)N1CCN2[C@@H](COC[C@@H]2c2ccccc2)C1. The molecule has 27 heavy (non-hydrogen) atoms. The lowest BCUT2D eigenvalue weighted by Crippen LogP contribution is -2.60. The number of piperazine rings is 1. The van der Waals surface area contributed by atoms with E-state index in [1.54, 1.807) is 18.3 Å². The average Bonchev–Trinajstić information content (AvgIpc) is 2.73. The second-order valence-corrected chi connectivity index (χ2v) is 6.90. The number of pyridine rings is 1. The third-order valence-corrected chi connectivity index (χ3v) is 5.27. The Morgan fingerprint density at radius 3 is 2.85 bits per heavy atom. The van der Waals surface area contributed by atoms with Crippen LogP contribution in [0.25, 0.3) is 0 Å². The van der Waals surface area contributed by atoms with E-state index in [0.717, 1.165) is 6.54 Å². The van der Waals surface area contributed by atoms with Gasteiger partial charge in [-0.15, -0.1) is 0 Å². The van der Waals surface area contributed by atoms with Crippen LogP contribution in [0.3, 0.4) is 0 Å². The molecule has 2 aromatic rings. The van der Waals surface area contributed by atoms with Crippen LogP contribution in [-0.2, 0) is 4.74 Å². The van der Waals surface area contributed by atoms with Crippen molar-refractivity contribution in [2.45, 2.75) is 19.0 Å². The quantitative estimate of drug-likeness (QED) is 0.831. The minimum Gasteiger partial charge on any atom is -0.477 e. The molecule has 0 N–H and O–H groups in total. The molecular formula is C21H25N3O3. The lowest BCUT2D eigenvalue weighted by atomic mass is 10.00. The fourth-order valence-corrected chi connectivity index (χ4v) is 3.96. The molecule has 2 atom stereocenters. The molecule has 0 spiro atoms. The van der Waals surface area contributed by atoms with Gasteiger partial charge in [0.05, 0.1) is 31.9 Å². The highest BCUT2D eigenvalue weighted by Gasteiger charge is 2.38. The Morgan fingerprint density at radius 1 is 1.19 bits per heavy atom. The highest BCUT2D eigenvalue weighted by Crippen LogP contribution is 2.30. The Kier molecular flexibility index (Phi) is 5.36. The van der Waals surface area contributed by atoms with E-state index in [2.05, 4.69) is 34.1 Å². The van der Waals surface area contributed by atoms with Gasteiger partial charge in [-0.2, -0.15) is 0 Å². The molecule has 1 aromatic heterocycles. The van der Waals surface area contributed by atoms with E-state index in [0.29, 0.717) is 44.4 Å². The normalized spacial score (nSPS) is 22.9. The minimum absolute atomic E-state index is 0.0203. The zero-order valence-electron chi connectivity index (χ0n) is 15.6. The standard InChI is InChI=1S/C21H25N3O3/c1-2-27-20-18(9-6-10-22-20)21(25)23-11-12-24-17(13-23)14-26-15-19(24)16-7-4-3-5-8-16/h3-10,17,19H,2,11-15H2,1H3/t17-,19-/m1/s1. The van der Waals surface area contributed by atoms with Crippen molar-refractivity contribution in [3.05, 3.63) is 59.8 Å². The molecule has 1 aromatic carbocycles. The third-order valence-electron chi connectivity index (χ3n) is 5.27. The first-order valence-electron chi connectivity index (χ1n) is 9.53. The number of hydrogen-bond donors (Lipinski definition) is 0. The van der Waals surface area contributed by atoms with Crippen LogP contribution in [0.2, 0.25) is 0 Å². The van der Waals surface area contributed by atoms with Crippen LogP contribution in [0.15, 0.2) is 48.7 Å². The molecule has 2 aliphatic rings. The molecule has 1 amide bonds. The van der Waals surface area contributed by atoms with E-state index in [-0.39, 0.29) is 18.0 Å². The van der Waals surface area contributed by atoms with Gasteiger partial charge in [0, 0.05) is 25.8 Å². The van der Waals surface area contributed by atoms with Crippen LogP contribution < -0.4 is 4.74 Å². The van der Waals surface area contributed by atoms with Gasteiger partial charge in [0.1, 0.15) is 5.56 Å². The molecule has 6 nitrogen and oxygen atoms in total. The van der Waals surface area contributed by atoms with Crippen LogP contribution in [0.4, 0.5) is 0 Å². The summed E-state index contributed by atoms with van der Waals surface area (Å²) < 4.78 is 11.4. The molecule has 2 saturated heterocycles. The van der Waals surface area contributed by atoms with Crippen molar-refractivity contribution in [3.63, 3.8) is 0 Å². The molecule has 3 heterocycles. The largest absolute Gasteiger partial charge is 0.477 e. The molecule has 2 fully saturated rings. The Morgan fingerprint density at radius 2 is 2.04 bits per heavy atom. The number of fused-ring (bicyclic) bond motifs is 1. The molecule has 4 rings (SSSR count). The average molecular weight is 367 g/mol. The van der Waals surface area contributed by atoms with E-state index in [9.17, 15) is 4.79 Å². The fraction of sp³-hybridized carbons (Fsp3) is 0.429. The van der Waals surface area contributed by atoms with Crippen molar-refractivity contribution < 1.29 is 14.3 Å². The lowest BCUT2D eigenvalue weighted by Gasteiger charge is -2.48. The maximum Gasteiger partial charge on any atom is 0.259 e. The number of hydrogen-bond acceptors (Lipinski definition) is 5. The van der Waals surface area contributed by atoms with Crippen molar-refractivity contribution >= 4 is 5.91 Å². The molecule has 0 saturated carbocycles. The van der Waals surface area contributed by atoms with E-state index >= 15 is 0 Å². The number of nitrogens with zero attached hydrogens (tertiary/aromatic N) is 3. The number of carbonyl (C=O) groups excluding carboxylic acids is 1. The summed E-state index contributed by atoms with van der Waals surface area (Å²) in [5.74, 6) is 0.391. The third kappa shape index (κ3) is 3.68. The first-order chi connectivity index (χ1) is 13.3. The maximum atomic E-state index is 13.1. The number of amides is 1. The highest BCUT2D eigenvalue weighted by molar-refractivity contribution is 5.96. The van der Waals surface area contributed by atoms with Gasteiger partial charge in [0.25, 0.3) is 5.91 Å². The Hall–Kier alpha value is -2.44. The van der Waals surface area contributed by atoms with Crippen molar-refractivity contribution in [3.8, 4) is 5.88 Å². The van der Waals surface area contributed by atoms with Crippen molar-refractivity contribution in [2.24, 2.45) is 0 Å². The van der Waals surface area contributed by atoms with Crippen molar-refractivity contribution in [1.82, 2.24) is 14.8 Å². The Labute approximate surface area is 159 Å². The predicted molar refractivity (Wildman–Crippen MR) is 102 cm³/mol. The molecule has 0 aliphatic carbocycles. The van der Waals surface area contributed by atoms with Gasteiger partial charge in [-0.25, -0.2) is 4.98 Å². The molecule has 0 bridgehead atoms. The molecule has 6 heteroatoms. The predicted octanol–water partition coefficient (Wildman–Crippen LogP) is 2.38. The van der Waals surface area contributed by atoms with Crippen LogP contribution in [0.5, 0.6) is 5.88 Å². The number of aromatic nitrogens is 1. The number of ether oxygens (including phenoxy) is 2. The van der Waals surface area contributed by atoms with Crippen molar-refractivity contribution in [1.29, 1.82) is 0 Å². The second-order valence-electron chi connectivity index (χ2n) is 6.90. The van der Waals surface area contributed by atoms with E-state index in [1.165, 1.54) is 5.56 Å². The summed E-state index contributed by atoms with van der Waals surface area (Å²) >= 11 is 0. The van der Waals surface area contributed by atoms with Gasteiger partial charge >= 0.3 is 0 Å². The Bertz CT molecular complexity index is 783. The summed E-state index contributed by atoms with van der Waals surface area (Å²) in [7, 11) is 0. The van der Waals surface area contributed by atoms with Crippen molar-refractivity contribution in [2.75, 3.05) is 39.5 Å². The first-order valence-corrected chi connectivity index (χ1v) is 9.53. The molecular weight excluding hydrogens is 342 g/mol. The van der Waals surface area contributed by atoms with E-state index in [4.69, 9.17) is 9.47 Å². The maximum absolute atomic E-state index is 13.1. The summed E-state index contributed by atoms with van der Waals surface area (Å²) in [6, 6.07) is 14.5. The summed E-state index contributed by atoms with van der Waals surface area (Å²) in [5.41, 5.74) is 1.80. The van der Waals surface area contributed by atoms with Gasteiger partial charge in [0.2, 0.25) is 5.88 Å². The van der Waals surface area contributed by atoms with Crippen LogP contribution >= 0.6 is 0 Å². The molecule has 2 aliphatic heterocycles. The summed E-state index contributed by atoms with van der Waals surface area (Å²) in [6.07, 6.45) is 1.65. The van der Waals surface area contributed by atoms with Gasteiger partial charge in [0.15, 0.2) is 0 Å². The number of morpholine rings is 1. The minimum atomic E-state index is -0.0203. The molecule has 142 valence electrons. The molecule has 0 radical (unpaired) electrons. The zero-order chi connectivity index (χ0) is 18.6. The second kappa shape index (κ2) is 8.06. The number of rotatable bonds is 4. The van der Waals surface area contributed by atoms with Gasteiger partial charge in [-0.3, -0.25) is 9.69 Å². The van der Waals surface area contributed by atoms with E-state index in [1.807, 2.05) is 17.9 Å². The van der Waals surface area contributed by atoms with Gasteiger partial charge in [-0.1, -0.05) is 30.3 Å². The zero-order valence-corrected chi connectivity index (χ0v) is 15.6. The monoisotopic (exact) mass is 367 g/mol. The summed E-state index contributed by atoms with van der Waals surface area (Å²) in [5, 5.41) is 0. The van der Waals surface area contributed by atoms with E-state index < -0.39 is 0 Å². The highest BCUT2D eigenvalue weighted by atomic mass is 16.5. The summed E-state index contributed by atoms with van der Waals surface area (Å²) in [4.78, 5) is 21.7.